The van der Waals surface area contributed by atoms with Crippen LogP contribution in [0.25, 0.3) is 0 Å². The summed E-state index contributed by atoms with van der Waals surface area (Å²) in [7, 11) is 1.89. The Balaban J connectivity index is 3.18. The van der Waals surface area contributed by atoms with Crippen molar-refractivity contribution in [3.8, 4) is 0 Å². The third-order valence-corrected chi connectivity index (χ3v) is 2.09. The second-order valence-corrected chi connectivity index (χ2v) is 3.64. The first-order valence-corrected chi connectivity index (χ1v) is 4.62. The number of aromatic nitrogens is 1. The lowest BCUT2D eigenvalue weighted by molar-refractivity contribution is 0.101. The van der Waals surface area contributed by atoms with Crippen LogP contribution in [0.15, 0.2) is 6.20 Å². The zero-order valence-electron chi connectivity index (χ0n) is 9.09. The van der Waals surface area contributed by atoms with Crippen molar-refractivity contribution >= 4 is 11.6 Å². The Hall–Kier alpha value is -1.29. The maximum Gasteiger partial charge on any atom is 0.163 e. The smallest absolute Gasteiger partial charge is 0.163 e. The molecule has 1 atom stereocenters. The molecule has 4 nitrogen and oxygen atoms in total. The predicted octanol–water partition coefficient (Wildman–Crippen LogP) is 1.25. The number of anilines is 1. The molecule has 0 spiro atoms. The number of hydrogen-bond acceptors (Lipinski definition) is 3. The number of aryl methyl sites for hydroxylation is 2. The quantitative estimate of drug-likeness (QED) is 0.563. The lowest BCUT2D eigenvalue weighted by atomic mass is 10.1. The number of ketones is 1. The monoisotopic (exact) mass is 195 g/mol. The highest BCUT2D eigenvalue weighted by atomic mass is 16.1. The largest absolute Gasteiger partial charge is 0.356 e. The van der Waals surface area contributed by atoms with Gasteiger partial charge in [-0.15, -0.1) is 0 Å². The predicted molar refractivity (Wildman–Crippen MR) is 57.4 cm³/mol. The summed E-state index contributed by atoms with van der Waals surface area (Å²) in [6, 6.07) is 0. The number of Topliss-reactive ketones (excluding diaryl/α,β-unsaturated/α-hetero) is 1. The molecule has 0 fully saturated rings. The summed E-state index contributed by atoms with van der Waals surface area (Å²) in [5.41, 5.74) is 7.34. The maximum absolute atomic E-state index is 11.4. The molecule has 14 heavy (non-hydrogen) atoms. The van der Waals surface area contributed by atoms with Gasteiger partial charge in [0, 0.05) is 13.2 Å². The Morgan fingerprint density at radius 1 is 1.64 bits per heavy atom. The number of carbonyl (C=O) groups excluding carboxylic acids is 1. The summed E-state index contributed by atoms with van der Waals surface area (Å²) in [6.07, 6.45) is 1.75. The molecule has 1 heterocycles. The van der Waals surface area contributed by atoms with Crippen molar-refractivity contribution in [2.24, 2.45) is 12.8 Å². The maximum atomic E-state index is 11.4. The molecule has 3 N–H and O–H groups in total. The van der Waals surface area contributed by atoms with Crippen LogP contribution in [0.1, 0.15) is 29.8 Å². The average molecular weight is 195 g/mol. The second kappa shape index (κ2) is 3.84. The molecule has 1 aromatic heterocycles. The number of nitrogens with zero attached hydrogens (tertiary/aromatic N) is 1. The molecular weight excluding hydrogens is 178 g/mol. The second-order valence-electron chi connectivity index (χ2n) is 3.64. The lowest BCUT2D eigenvalue weighted by Gasteiger charge is -2.12. The minimum absolute atomic E-state index is 0.0613. The normalized spacial score (nSPS) is 12.6. The van der Waals surface area contributed by atoms with Crippen LogP contribution in [0.2, 0.25) is 0 Å². The third kappa shape index (κ3) is 1.96. The Bertz CT molecular complexity index is 352. The highest BCUT2D eigenvalue weighted by Gasteiger charge is 2.15. The lowest BCUT2D eigenvalue weighted by Crippen LogP contribution is -2.27. The molecule has 0 saturated carbocycles. The number of hydrogen-bond donors (Lipinski definition) is 2. The van der Waals surface area contributed by atoms with Crippen molar-refractivity contribution in [2.75, 3.05) is 5.32 Å². The minimum Gasteiger partial charge on any atom is -0.356 e. The highest BCUT2D eigenvalue weighted by molar-refractivity contribution is 6.00. The molecule has 0 aliphatic heterocycles. The van der Waals surface area contributed by atoms with Gasteiger partial charge in [-0.2, -0.15) is 0 Å². The summed E-state index contributed by atoms with van der Waals surface area (Å²) < 4.78 is 1.88. The minimum atomic E-state index is -0.166. The van der Waals surface area contributed by atoms with E-state index in [1.807, 2.05) is 31.7 Å². The number of rotatable bonds is 3. The summed E-state index contributed by atoms with van der Waals surface area (Å²) in [4.78, 5) is 11.4. The van der Waals surface area contributed by atoms with E-state index < -0.39 is 0 Å². The van der Waals surface area contributed by atoms with Crippen molar-refractivity contribution in [3.05, 3.63) is 17.3 Å². The van der Waals surface area contributed by atoms with E-state index in [0.717, 1.165) is 16.9 Å². The molecule has 0 bridgehead atoms. The Morgan fingerprint density at radius 3 is 2.64 bits per heavy atom. The van der Waals surface area contributed by atoms with Crippen LogP contribution >= 0.6 is 0 Å². The standard InChI is InChI=1S/C10H17N3O/c1-6-5-13(4)10(12-8(3)11)9(6)7(2)14/h5,8,12H,11H2,1-4H3. The number of carbonyl (C=O) groups is 1. The summed E-state index contributed by atoms with van der Waals surface area (Å²) >= 11 is 0. The first-order chi connectivity index (χ1) is 6.43. The third-order valence-electron chi connectivity index (χ3n) is 2.09. The Morgan fingerprint density at radius 2 is 2.21 bits per heavy atom. The van der Waals surface area contributed by atoms with Crippen molar-refractivity contribution < 1.29 is 4.79 Å². The van der Waals surface area contributed by atoms with Gasteiger partial charge in [-0.05, 0) is 26.3 Å². The molecular formula is C10H17N3O. The summed E-state index contributed by atoms with van der Waals surface area (Å²) in [5.74, 6) is 0.858. The van der Waals surface area contributed by atoms with E-state index in [4.69, 9.17) is 5.73 Å². The van der Waals surface area contributed by atoms with Crippen LogP contribution in [0, 0.1) is 6.92 Å². The molecule has 0 aliphatic carbocycles. The highest BCUT2D eigenvalue weighted by Crippen LogP contribution is 2.21. The van der Waals surface area contributed by atoms with Crippen molar-refractivity contribution in [1.82, 2.24) is 4.57 Å². The Kier molecular flexibility index (Phi) is 2.96. The van der Waals surface area contributed by atoms with Gasteiger partial charge in [-0.3, -0.25) is 4.79 Å². The van der Waals surface area contributed by atoms with Gasteiger partial charge < -0.3 is 15.6 Å². The van der Waals surface area contributed by atoms with E-state index in [1.54, 1.807) is 6.92 Å². The molecule has 4 heteroatoms. The molecule has 1 rings (SSSR count). The molecule has 0 aliphatic rings. The van der Waals surface area contributed by atoms with Crippen LogP contribution in [-0.4, -0.2) is 16.5 Å². The first kappa shape index (κ1) is 10.8. The molecule has 0 saturated heterocycles. The topological polar surface area (TPSA) is 60.0 Å². The van der Waals surface area contributed by atoms with Crippen molar-refractivity contribution in [3.63, 3.8) is 0 Å². The van der Waals surface area contributed by atoms with Gasteiger partial charge in [0.15, 0.2) is 5.78 Å². The molecule has 0 radical (unpaired) electrons. The molecule has 0 aromatic carbocycles. The van der Waals surface area contributed by atoms with Gasteiger partial charge in [0.1, 0.15) is 5.82 Å². The van der Waals surface area contributed by atoms with Gasteiger partial charge in [-0.25, -0.2) is 0 Å². The van der Waals surface area contributed by atoms with Gasteiger partial charge >= 0.3 is 0 Å². The van der Waals surface area contributed by atoms with E-state index in [0.29, 0.717) is 0 Å². The van der Waals surface area contributed by atoms with E-state index in [9.17, 15) is 4.79 Å². The number of nitrogens with one attached hydrogen (secondary N) is 1. The fourth-order valence-corrected chi connectivity index (χ4v) is 1.62. The van der Waals surface area contributed by atoms with Crippen LogP contribution < -0.4 is 11.1 Å². The number of nitrogens with two attached hydrogens (primary N) is 1. The van der Waals surface area contributed by atoms with Crippen LogP contribution in [0.4, 0.5) is 5.82 Å². The first-order valence-electron chi connectivity index (χ1n) is 4.62. The van der Waals surface area contributed by atoms with E-state index >= 15 is 0 Å². The van der Waals surface area contributed by atoms with Gasteiger partial charge in [0.05, 0.1) is 11.7 Å². The molecule has 0 amide bonds. The van der Waals surface area contributed by atoms with E-state index in [-0.39, 0.29) is 11.9 Å². The van der Waals surface area contributed by atoms with Gasteiger partial charge in [0.25, 0.3) is 0 Å². The molecule has 78 valence electrons. The van der Waals surface area contributed by atoms with Crippen molar-refractivity contribution in [1.29, 1.82) is 0 Å². The summed E-state index contributed by atoms with van der Waals surface area (Å²) in [5, 5.41) is 3.06. The zero-order chi connectivity index (χ0) is 10.9. The average Bonchev–Trinajstić information content (AvgIpc) is 2.25. The fourth-order valence-electron chi connectivity index (χ4n) is 1.62. The van der Waals surface area contributed by atoms with Gasteiger partial charge in [-0.1, -0.05) is 0 Å². The van der Waals surface area contributed by atoms with Crippen LogP contribution in [0.3, 0.4) is 0 Å². The van der Waals surface area contributed by atoms with Gasteiger partial charge in [0.2, 0.25) is 0 Å². The molecule has 1 aromatic rings. The SMILES string of the molecule is CC(=O)c1c(C)cn(C)c1NC(C)N. The van der Waals surface area contributed by atoms with E-state index in [1.165, 1.54) is 0 Å². The van der Waals surface area contributed by atoms with E-state index in [2.05, 4.69) is 5.32 Å². The van der Waals surface area contributed by atoms with Crippen LogP contribution in [-0.2, 0) is 7.05 Å². The fraction of sp³-hybridized carbons (Fsp3) is 0.500. The Labute approximate surface area is 84.1 Å². The summed E-state index contributed by atoms with van der Waals surface area (Å²) in [6.45, 7) is 5.32. The van der Waals surface area contributed by atoms with Crippen LogP contribution in [0.5, 0.6) is 0 Å². The zero-order valence-corrected chi connectivity index (χ0v) is 9.09. The van der Waals surface area contributed by atoms with Crippen molar-refractivity contribution in [2.45, 2.75) is 26.9 Å². The molecule has 1 unspecified atom stereocenters.